The van der Waals surface area contributed by atoms with Crippen LogP contribution in [0, 0.1) is 10.1 Å². The third-order valence-corrected chi connectivity index (χ3v) is 4.41. The molecule has 0 spiro atoms. The molecule has 2 heterocycles. The number of ketones is 1. The Morgan fingerprint density at radius 1 is 1.12 bits per heavy atom. The molecule has 24 heavy (non-hydrogen) atoms. The molecule has 8 nitrogen and oxygen atoms in total. The summed E-state index contributed by atoms with van der Waals surface area (Å²) in [6.45, 7) is 2.46. The van der Waals surface area contributed by atoms with Crippen molar-refractivity contribution in [3.05, 3.63) is 40.1 Å². The number of piperazine rings is 1. The number of carbonyl (C=O) groups excluding carboxylic acids is 2. The molecule has 0 aliphatic carbocycles. The van der Waals surface area contributed by atoms with Gasteiger partial charge in [-0.3, -0.25) is 19.7 Å². The topological polar surface area (TPSA) is 88.7 Å². The number of hydrogen-bond donors (Lipinski definition) is 0. The minimum atomic E-state index is -0.620. The van der Waals surface area contributed by atoms with Crippen molar-refractivity contribution in [3.63, 3.8) is 0 Å². The standard InChI is InChI=1S/C16H18N4O4/c1-17-5-7-19(8-6-17)16(22)15(21)13-10-18(2)14-4-3-11(20(23)24)9-12(13)14/h3-4,9-10H,5-8H2,1-2H3. The van der Waals surface area contributed by atoms with E-state index in [-0.39, 0.29) is 11.3 Å². The number of fused-ring (bicyclic) bond motifs is 1. The predicted octanol–water partition coefficient (Wildman–Crippen LogP) is 1.04. The largest absolute Gasteiger partial charge is 0.350 e. The Morgan fingerprint density at radius 3 is 2.42 bits per heavy atom. The minimum absolute atomic E-state index is 0.102. The van der Waals surface area contributed by atoms with Crippen molar-refractivity contribution in [1.82, 2.24) is 14.4 Å². The zero-order chi connectivity index (χ0) is 17.4. The van der Waals surface area contributed by atoms with Gasteiger partial charge in [0.15, 0.2) is 0 Å². The maximum Gasteiger partial charge on any atom is 0.295 e. The summed E-state index contributed by atoms with van der Waals surface area (Å²) < 4.78 is 1.70. The Hall–Kier alpha value is -2.74. The van der Waals surface area contributed by atoms with Crippen LogP contribution in [0.4, 0.5) is 5.69 Å². The molecule has 0 bridgehead atoms. The van der Waals surface area contributed by atoms with Crippen molar-refractivity contribution in [2.45, 2.75) is 0 Å². The Kier molecular flexibility index (Phi) is 4.06. The number of hydrogen-bond acceptors (Lipinski definition) is 5. The van der Waals surface area contributed by atoms with Gasteiger partial charge in [-0.25, -0.2) is 0 Å². The van der Waals surface area contributed by atoms with Crippen molar-refractivity contribution < 1.29 is 14.5 Å². The van der Waals surface area contributed by atoms with Gasteiger partial charge in [-0.05, 0) is 13.1 Å². The number of nitrogens with zero attached hydrogens (tertiary/aromatic N) is 4. The molecule has 126 valence electrons. The summed E-state index contributed by atoms with van der Waals surface area (Å²) in [6.07, 6.45) is 1.56. The quantitative estimate of drug-likeness (QED) is 0.363. The van der Waals surface area contributed by atoms with Gasteiger partial charge in [0, 0.05) is 62.5 Å². The molecule has 8 heteroatoms. The summed E-state index contributed by atoms with van der Waals surface area (Å²) in [5.41, 5.74) is 0.782. The first kappa shape index (κ1) is 16.1. The van der Waals surface area contributed by atoms with E-state index in [4.69, 9.17) is 0 Å². The van der Waals surface area contributed by atoms with E-state index in [0.29, 0.717) is 24.0 Å². The number of aryl methyl sites for hydroxylation is 1. The van der Waals surface area contributed by atoms with Crippen LogP contribution in [0.3, 0.4) is 0 Å². The van der Waals surface area contributed by atoms with Crippen LogP contribution in [0.15, 0.2) is 24.4 Å². The molecular formula is C16H18N4O4. The molecule has 1 fully saturated rings. The number of nitro benzene ring substituents is 1. The van der Waals surface area contributed by atoms with Gasteiger partial charge in [-0.1, -0.05) is 0 Å². The summed E-state index contributed by atoms with van der Waals surface area (Å²) in [4.78, 5) is 39.2. The lowest BCUT2D eigenvalue weighted by Gasteiger charge is -2.31. The molecule has 1 aliphatic rings. The van der Waals surface area contributed by atoms with Gasteiger partial charge < -0.3 is 14.4 Å². The second-order valence-corrected chi connectivity index (χ2v) is 6.04. The Morgan fingerprint density at radius 2 is 1.79 bits per heavy atom. The molecule has 1 aromatic heterocycles. The number of aromatic nitrogens is 1. The van der Waals surface area contributed by atoms with Crippen molar-refractivity contribution in [1.29, 1.82) is 0 Å². The highest BCUT2D eigenvalue weighted by atomic mass is 16.6. The van der Waals surface area contributed by atoms with Crippen molar-refractivity contribution in [2.24, 2.45) is 7.05 Å². The molecule has 1 aliphatic heterocycles. The number of amides is 1. The fourth-order valence-electron chi connectivity index (χ4n) is 2.94. The Balaban J connectivity index is 1.96. The molecule has 0 radical (unpaired) electrons. The molecule has 0 atom stereocenters. The van der Waals surface area contributed by atoms with E-state index >= 15 is 0 Å². The first-order valence-electron chi connectivity index (χ1n) is 7.64. The molecular weight excluding hydrogens is 312 g/mol. The van der Waals surface area contributed by atoms with E-state index in [2.05, 4.69) is 4.90 Å². The summed E-state index contributed by atoms with van der Waals surface area (Å²) in [5.74, 6) is -1.17. The van der Waals surface area contributed by atoms with Crippen LogP contribution in [0.25, 0.3) is 10.9 Å². The van der Waals surface area contributed by atoms with Crippen LogP contribution in [0.5, 0.6) is 0 Å². The highest BCUT2D eigenvalue weighted by molar-refractivity contribution is 6.45. The van der Waals surface area contributed by atoms with Crippen molar-refractivity contribution in [3.8, 4) is 0 Å². The summed E-state index contributed by atoms with van der Waals surface area (Å²) in [7, 11) is 3.71. The molecule has 3 rings (SSSR count). The zero-order valence-electron chi connectivity index (χ0n) is 13.6. The number of benzene rings is 1. The van der Waals surface area contributed by atoms with Gasteiger partial charge in [-0.15, -0.1) is 0 Å². The molecule has 0 unspecified atom stereocenters. The van der Waals surface area contributed by atoms with Crippen LogP contribution in [-0.2, 0) is 11.8 Å². The van der Waals surface area contributed by atoms with Gasteiger partial charge in [0.2, 0.25) is 0 Å². The first-order chi connectivity index (χ1) is 11.4. The van der Waals surface area contributed by atoms with E-state index < -0.39 is 16.6 Å². The van der Waals surface area contributed by atoms with Gasteiger partial charge in [-0.2, -0.15) is 0 Å². The number of likely N-dealkylation sites (N-methyl/N-ethyl adjacent to an activating group) is 1. The lowest BCUT2D eigenvalue weighted by molar-refractivity contribution is -0.384. The van der Waals surface area contributed by atoms with Crippen molar-refractivity contribution >= 4 is 28.3 Å². The van der Waals surface area contributed by atoms with E-state index in [9.17, 15) is 19.7 Å². The monoisotopic (exact) mass is 330 g/mol. The number of non-ortho nitro benzene ring substituents is 1. The Labute approximate surface area is 138 Å². The van der Waals surface area contributed by atoms with Crippen LogP contribution >= 0.6 is 0 Å². The maximum atomic E-state index is 12.6. The Bertz CT molecular complexity index is 834. The van der Waals surface area contributed by atoms with Gasteiger partial charge in [0.05, 0.1) is 10.5 Å². The fraction of sp³-hybridized carbons (Fsp3) is 0.375. The van der Waals surface area contributed by atoms with Gasteiger partial charge in [0.1, 0.15) is 0 Å². The zero-order valence-corrected chi connectivity index (χ0v) is 13.6. The summed E-state index contributed by atoms with van der Waals surface area (Å²) in [5, 5.41) is 11.4. The predicted molar refractivity (Wildman–Crippen MR) is 88.0 cm³/mol. The third-order valence-electron chi connectivity index (χ3n) is 4.41. The highest BCUT2D eigenvalue weighted by Crippen LogP contribution is 2.26. The maximum absolute atomic E-state index is 12.6. The normalized spacial score (nSPS) is 15.7. The number of Topliss-reactive ketones (excluding diaryl/α,β-unsaturated/α-hetero) is 1. The number of nitro groups is 1. The molecule has 2 aromatic rings. The molecule has 0 N–H and O–H groups in total. The first-order valence-corrected chi connectivity index (χ1v) is 7.64. The lowest BCUT2D eigenvalue weighted by Crippen LogP contribution is -2.49. The molecule has 1 saturated heterocycles. The smallest absolute Gasteiger partial charge is 0.295 e. The van der Waals surface area contributed by atoms with Crippen molar-refractivity contribution in [2.75, 3.05) is 33.2 Å². The lowest BCUT2D eigenvalue weighted by atomic mass is 10.1. The van der Waals surface area contributed by atoms with Crippen LogP contribution < -0.4 is 0 Å². The van der Waals surface area contributed by atoms with E-state index in [1.807, 2.05) is 7.05 Å². The van der Waals surface area contributed by atoms with E-state index in [1.165, 1.54) is 12.1 Å². The van der Waals surface area contributed by atoms with Gasteiger partial charge >= 0.3 is 0 Å². The van der Waals surface area contributed by atoms with Crippen LogP contribution in [0.2, 0.25) is 0 Å². The fourth-order valence-corrected chi connectivity index (χ4v) is 2.94. The third kappa shape index (κ3) is 2.76. The molecule has 1 amide bonds. The second kappa shape index (κ2) is 6.04. The number of rotatable bonds is 3. The SMILES string of the molecule is CN1CCN(C(=O)C(=O)c2cn(C)c3ccc([N+](=O)[O-])cc23)CC1. The molecule has 0 saturated carbocycles. The van der Waals surface area contributed by atoms with Gasteiger partial charge in [0.25, 0.3) is 17.4 Å². The number of carbonyl (C=O) groups is 2. The summed E-state index contributed by atoms with van der Waals surface area (Å²) in [6, 6.07) is 4.32. The second-order valence-electron chi connectivity index (χ2n) is 6.04. The van der Waals surface area contributed by atoms with Crippen LogP contribution in [-0.4, -0.2) is 64.2 Å². The molecule has 1 aromatic carbocycles. The van der Waals surface area contributed by atoms with E-state index in [1.54, 1.807) is 28.8 Å². The van der Waals surface area contributed by atoms with E-state index in [0.717, 1.165) is 13.1 Å². The van der Waals surface area contributed by atoms with Crippen LogP contribution in [0.1, 0.15) is 10.4 Å². The average molecular weight is 330 g/mol. The minimum Gasteiger partial charge on any atom is -0.350 e. The summed E-state index contributed by atoms with van der Waals surface area (Å²) >= 11 is 0. The highest BCUT2D eigenvalue weighted by Gasteiger charge is 2.28. The average Bonchev–Trinajstić information content (AvgIpc) is 2.90.